The summed E-state index contributed by atoms with van der Waals surface area (Å²) in [5.41, 5.74) is 4.62. The molecule has 0 aliphatic heterocycles. The van der Waals surface area contributed by atoms with E-state index in [-0.39, 0.29) is 12.4 Å². The van der Waals surface area contributed by atoms with Gasteiger partial charge in [0.05, 0.1) is 0 Å². The van der Waals surface area contributed by atoms with Crippen molar-refractivity contribution in [1.29, 1.82) is 0 Å². The van der Waals surface area contributed by atoms with Crippen molar-refractivity contribution in [2.75, 3.05) is 25.5 Å². The number of nitrogens with zero attached hydrogens (tertiary/aromatic N) is 1. The Kier molecular flexibility index (Phi) is 7.55. The first-order valence-electron chi connectivity index (χ1n) is 9.63. The number of halogens is 1. The lowest BCUT2D eigenvalue weighted by atomic mass is 9.74. The van der Waals surface area contributed by atoms with Gasteiger partial charge in [0.2, 0.25) is 0 Å². The maximum absolute atomic E-state index is 3.85. The first-order chi connectivity index (χ1) is 12.1. The smallest absolute Gasteiger partial charge is 0.0396 e. The van der Waals surface area contributed by atoms with Gasteiger partial charge in [0.15, 0.2) is 0 Å². The Morgan fingerprint density at radius 2 is 1.58 bits per heavy atom. The van der Waals surface area contributed by atoms with E-state index in [4.69, 9.17) is 0 Å². The predicted molar refractivity (Wildman–Crippen MR) is 116 cm³/mol. The molecule has 1 saturated carbocycles. The second-order valence-electron chi connectivity index (χ2n) is 7.95. The van der Waals surface area contributed by atoms with Crippen LogP contribution in [0, 0.1) is 0 Å². The summed E-state index contributed by atoms with van der Waals surface area (Å²) in [6.07, 6.45) is 6.19. The highest BCUT2D eigenvalue weighted by Gasteiger charge is 2.31. The van der Waals surface area contributed by atoms with Crippen molar-refractivity contribution >= 4 is 18.1 Å². The second kappa shape index (κ2) is 9.43. The maximum Gasteiger partial charge on any atom is 0.0396 e. The van der Waals surface area contributed by atoms with Gasteiger partial charge in [0.1, 0.15) is 0 Å². The zero-order valence-electron chi connectivity index (χ0n) is 16.4. The van der Waals surface area contributed by atoms with E-state index in [0.29, 0.717) is 11.5 Å². The number of hydrogen-bond donors (Lipinski definition) is 1. The summed E-state index contributed by atoms with van der Waals surface area (Å²) in [6, 6.07) is 19.7. The molecule has 0 radical (unpaired) electrons. The highest BCUT2D eigenvalue weighted by Crippen LogP contribution is 2.40. The van der Waals surface area contributed by atoms with Gasteiger partial charge in [-0.25, -0.2) is 0 Å². The largest absolute Gasteiger partial charge is 0.377 e. The zero-order chi connectivity index (χ0) is 17.7. The molecule has 2 aromatic carbocycles. The van der Waals surface area contributed by atoms with Crippen molar-refractivity contribution in [1.82, 2.24) is 5.32 Å². The average molecular weight is 373 g/mol. The van der Waals surface area contributed by atoms with Crippen molar-refractivity contribution in [3.63, 3.8) is 0 Å². The first-order valence-corrected chi connectivity index (χ1v) is 9.63. The molecule has 3 heteroatoms. The quantitative estimate of drug-likeness (QED) is 0.727. The monoisotopic (exact) mass is 372 g/mol. The molecule has 0 spiro atoms. The van der Waals surface area contributed by atoms with E-state index in [1.54, 1.807) is 0 Å². The van der Waals surface area contributed by atoms with E-state index in [1.165, 1.54) is 42.5 Å². The van der Waals surface area contributed by atoms with Gasteiger partial charge in [-0.1, -0.05) is 48.5 Å². The molecule has 3 rings (SSSR count). The minimum Gasteiger partial charge on any atom is -0.377 e. The van der Waals surface area contributed by atoms with Crippen LogP contribution in [0.25, 0.3) is 0 Å². The summed E-state index contributed by atoms with van der Waals surface area (Å²) in [6.45, 7) is 3.48. The highest BCUT2D eigenvalue weighted by molar-refractivity contribution is 5.85. The number of hydrogen-bond acceptors (Lipinski definition) is 2. The van der Waals surface area contributed by atoms with Gasteiger partial charge in [-0.15, -0.1) is 12.4 Å². The molecule has 0 amide bonds. The fraction of sp³-hybridized carbons (Fsp3) is 0.478. The molecular weight excluding hydrogens is 340 g/mol. The van der Waals surface area contributed by atoms with Crippen LogP contribution in [0.2, 0.25) is 0 Å². The molecule has 0 atom stereocenters. The Bertz CT molecular complexity index is 661. The molecule has 0 saturated heterocycles. The molecule has 0 heterocycles. The van der Waals surface area contributed by atoms with Crippen LogP contribution in [-0.2, 0) is 6.42 Å². The van der Waals surface area contributed by atoms with Gasteiger partial charge in [-0.05, 0) is 68.7 Å². The molecule has 1 aliphatic rings. The number of para-hydroxylation sites is 1. The summed E-state index contributed by atoms with van der Waals surface area (Å²) < 4.78 is 0. The topological polar surface area (TPSA) is 15.3 Å². The van der Waals surface area contributed by atoms with Crippen LogP contribution in [0.15, 0.2) is 54.6 Å². The Balaban J connectivity index is 0.00000243. The van der Waals surface area contributed by atoms with Crippen molar-refractivity contribution in [3.05, 3.63) is 65.7 Å². The molecular formula is C23H33ClN2. The standard InChI is InChI=1S/C23H32N2.ClH/c1-23(24-18-15-19-9-5-4-6-10-19)16-13-20(14-17-23)21-11-7-8-12-22(21)25(2)3;/h4-12,20,24H,13-18H2,1-3H3;1H. The van der Waals surface area contributed by atoms with Crippen LogP contribution in [0.5, 0.6) is 0 Å². The van der Waals surface area contributed by atoms with E-state index in [2.05, 4.69) is 85.8 Å². The molecule has 1 N–H and O–H groups in total. The van der Waals surface area contributed by atoms with Crippen LogP contribution in [-0.4, -0.2) is 26.2 Å². The van der Waals surface area contributed by atoms with Gasteiger partial charge in [-0.3, -0.25) is 0 Å². The molecule has 2 nitrogen and oxygen atoms in total. The molecule has 0 unspecified atom stereocenters. The summed E-state index contributed by atoms with van der Waals surface area (Å²) in [5, 5.41) is 3.85. The summed E-state index contributed by atoms with van der Waals surface area (Å²) in [7, 11) is 4.30. The van der Waals surface area contributed by atoms with E-state index < -0.39 is 0 Å². The van der Waals surface area contributed by atoms with Crippen LogP contribution in [0.4, 0.5) is 5.69 Å². The van der Waals surface area contributed by atoms with E-state index >= 15 is 0 Å². The van der Waals surface area contributed by atoms with E-state index in [1.807, 2.05) is 0 Å². The molecule has 2 aromatic rings. The molecule has 0 aromatic heterocycles. The SMILES string of the molecule is CN(C)c1ccccc1C1CCC(C)(NCCc2ccccc2)CC1.Cl. The van der Waals surface area contributed by atoms with Crippen molar-refractivity contribution in [3.8, 4) is 0 Å². The van der Waals surface area contributed by atoms with Gasteiger partial charge in [0.25, 0.3) is 0 Å². The maximum atomic E-state index is 3.85. The lowest BCUT2D eigenvalue weighted by Gasteiger charge is -2.39. The van der Waals surface area contributed by atoms with Gasteiger partial charge in [0, 0.05) is 25.3 Å². The lowest BCUT2D eigenvalue weighted by Crippen LogP contribution is -2.45. The van der Waals surface area contributed by atoms with Gasteiger partial charge in [-0.2, -0.15) is 0 Å². The highest BCUT2D eigenvalue weighted by atomic mass is 35.5. The number of rotatable bonds is 6. The Hall–Kier alpha value is -1.51. The Morgan fingerprint density at radius 1 is 0.962 bits per heavy atom. The third-order valence-corrected chi connectivity index (χ3v) is 5.76. The normalized spacial score (nSPS) is 22.5. The Labute approximate surface area is 165 Å². The number of nitrogens with one attached hydrogen (secondary N) is 1. The van der Waals surface area contributed by atoms with Gasteiger partial charge >= 0.3 is 0 Å². The number of anilines is 1. The lowest BCUT2D eigenvalue weighted by molar-refractivity contribution is 0.238. The predicted octanol–water partition coefficient (Wildman–Crippen LogP) is 5.42. The van der Waals surface area contributed by atoms with Crippen molar-refractivity contribution in [2.24, 2.45) is 0 Å². The third-order valence-electron chi connectivity index (χ3n) is 5.76. The summed E-state index contributed by atoms with van der Waals surface area (Å²) in [5.74, 6) is 0.697. The number of benzene rings is 2. The minimum atomic E-state index is 0. The molecule has 0 bridgehead atoms. The van der Waals surface area contributed by atoms with Crippen molar-refractivity contribution in [2.45, 2.75) is 50.5 Å². The average Bonchev–Trinajstić information content (AvgIpc) is 2.63. The van der Waals surface area contributed by atoms with Crippen LogP contribution >= 0.6 is 12.4 Å². The van der Waals surface area contributed by atoms with Gasteiger partial charge < -0.3 is 10.2 Å². The third kappa shape index (κ3) is 5.25. The molecule has 1 aliphatic carbocycles. The second-order valence-corrected chi connectivity index (χ2v) is 7.95. The summed E-state index contributed by atoms with van der Waals surface area (Å²) >= 11 is 0. The van der Waals surface area contributed by atoms with E-state index in [9.17, 15) is 0 Å². The van der Waals surface area contributed by atoms with Crippen LogP contribution in [0.1, 0.15) is 49.7 Å². The van der Waals surface area contributed by atoms with Crippen molar-refractivity contribution < 1.29 is 0 Å². The van der Waals surface area contributed by atoms with Crippen LogP contribution in [0.3, 0.4) is 0 Å². The Morgan fingerprint density at radius 3 is 2.23 bits per heavy atom. The van der Waals surface area contributed by atoms with Crippen LogP contribution < -0.4 is 10.2 Å². The molecule has 142 valence electrons. The molecule has 26 heavy (non-hydrogen) atoms. The summed E-state index contributed by atoms with van der Waals surface area (Å²) in [4.78, 5) is 2.25. The van der Waals surface area contributed by atoms with E-state index in [0.717, 1.165) is 13.0 Å². The molecule has 1 fully saturated rings. The zero-order valence-corrected chi connectivity index (χ0v) is 17.2. The fourth-order valence-corrected chi connectivity index (χ4v) is 4.14. The first kappa shape index (κ1) is 20.8. The fourth-order valence-electron chi connectivity index (χ4n) is 4.14. The minimum absolute atomic E-state index is 0.